The summed E-state index contributed by atoms with van der Waals surface area (Å²) in [6.45, 7) is 13.8. The third-order valence-corrected chi connectivity index (χ3v) is 9.94. The fraction of sp³-hybridized carbons (Fsp3) is 0.875. The fourth-order valence-electron chi connectivity index (χ4n) is 3.21. The van der Waals surface area contributed by atoms with Gasteiger partial charge in [-0.1, -0.05) is 20.8 Å². The molecule has 2 aliphatic rings. The second kappa shape index (κ2) is 5.45. The van der Waals surface area contributed by atoms with E-state index in [1.807, 2.05) is 0 Å². The molecule has 0 amide bonds. The predicted octanol–water partition coefficient (Wildman–Crippen LogP) is 3.80. The molecule has 2 aliphatic carbocycles. The number of hydrogen-bond acceptors (Lipinski definition) is 3. The first-order valence-electron chi connectivity index (χ1n) is 7.76. The first-order chi connectivity index (χ1) is 9.10. The number of carbonyl (C=O) groups excluding carboxylic acids is 1. The summed E-state index contributed by atoms with van der Waals surface area (Å²) < 4.78 is 11.8. The van der Waals surface area contributed by atoms with Gasteiger partial charge in [0, 0.05) is 25.9 Å². The molecule has 2 saturated carbocycles. The van der Waals surface area contributed by atoms with Crippen molar-refractivity contribution in [1.29, 1.82) is 0 Å². The molecular weight excluding hydrogens is 268 g/mol. The van der Waals surface area contributed by atoms with Crippen LogP contribution < -0.4 is 0 Å². The largest absolute Gasteiger partial charge is 0.462 e. The van der Waals surface area contributed by atoms with Crippen LogP contribution in [0.1, 0.15) is 40.5 Å². The minimum Gasteiger partial charge on any atom is -0.462 e. The fourth-order valence-corrected chi connectivity index (χ4v) is 4.28. The van der Waals surface area contributed by atoms with Crippen molar-refractivity contribution in [2.75, 3.05) is 6.61 Å². The van der Waals surface area contributed by atoms with E-state index in [2.05, 4.69) is 40.3 Å². The van der Waals surface area contributed by atoms with Gasteiger partial charge < -0.3 is 9.16 Å². The van der Waals surface area contributed by atoms with Gasteiger partial charge in [-0.3, -0.25) is 4.79 Å². The van der Waals surface area contributed by atoms with E-state index >= 15 is 0 Å². The summed E-state index contributed by atoms with van der Waals surface area (Å²) >= 11 is 0. The topological polar surface area (TPSA) is 35.5 Å². The summed E-state index contributed by atoms with van der Waals surface area (Å²) in [6.07, 6.45) is 4.63. The highest BCUT2D eigenvalue weighted by atomic mass is 28.4. The number of rotatable bonds is 4. The van der Waals surface area contributed by atoms with E-state index in [4.69, 9.17) is 9.16 Å². The second-order valence-electron chi connectivity index (χ2n) is 7.99. The summed E-state index contributed by atoms with van der Waals surface area (Å²) in [5, 5.41) is 0.256. The van der Waals surface area contributed by atoms with Gasteiger partial charge in [0.15, 0.2) is 8.32 Å². The lowest BCUT2D eigenvalue weighted by molar-refractivity contribution is -0.147. The lowest BCUT2D eigenvalue weighted by atomic mass is 9.87. The number of hydrogen-bond donors (Lipinski definition) is 0. The van der Waals surface area contributed by atoms with Crippen molar-refractivity contribution >= 4 is 14.3 Å². The molecule has 0 aromatic rings. The van der Waals surface area contributed by atoms with Crippen LogP contribution in [-0.4, -0.2) is 27.0 Å². The number of carbonyl (C=O) groups is 1. The Bertz CT molecular complexity index is 372. The van der Waals surface area contributed by atoms with Gasteiger partial charge in [-0.25, -0.2) is 0 Å². The van der Waals surface area contributed by atoms with Crippen LogP contribution in [0.25, 0.3) is 0 Å². The van der Waals surface area contributed by atoms with E-state index in [1.165, 1.54) is 19.8 Å². The number of ether oxygens (including phenoxy) is 1. The number of fused-ring (bicyclic) bond motifs is 2. The molecule has 0 aromatic heterocycles. The molecule has 3 nitrogen and oxygen atoms in total. The van der Waals surface area contributed by atoms with E-state index in [0.29, 0.717) is 17.8 Å². The average Bonchev–Trinajstić information content (AvgIpc) is 2.83. The van der Waals surface area contributed by atoms with E-state index in [1.54, 1.807) is 0 Å². The van der Waals surface area contributed by atoms with Crippen LogP contribution in [0.15, 0.2) is 0 Å². The molecule has 2 fully saturated rings. The SMILES string of the molecule is CC(=O)O[C@H]1[CH][C@@H]2C[C@@H](CO[Si](C)(C)C(C)(C)C)[C@H]1C2. The molecule has 1 radical (unpaired) electrons. The molecular formula is C16H29O3Si. The van der Waals surface area contributed by atoms with Crippen molar-refractivity contribution in [2.45, 2.75) is 64.8 Å². The molecule has 0 aromatic carbocycles. The van der Waals surface area contributed by atoms with Crippen molar-refractivity contribution in [2.24, 2.45) is 17.8 Å². The zero-order chi connectivity index (χ0) is 15.1. The lowest BCUT2D eigenvalue weighted by Gasteiger charge is -2.38. The minimum absolute atomic E-state index is 0.0271. The van der Waals surface area contributed by atoms with E-state index < -0.39 is 8.32 Å². The Kier molecular flexibility index (Phi) is 4.37. The smallest absolute Gasteiger partial charge is 0.302 e. The third kappa shape index (κ3) is 3.27. The van der Waals surface area contributed by atoms with Crippen LogP contribution in [0.2, 0.25) is 18.1 Å². The monoisotopic (exact) mass is 297 g/mol. The lowest BCUT2D eigenvalue weighted by Crippen LogP contribution is -2.43. The zero-order valence-corrected chi connectivity index (χ0v) is 14.7. The third-order valence-electron chi connectivity index (χ3n) is 5.44. The second-order valence-corrected chi connectivity index (χ2v) is 12.8. The Morgan fingerprint density at radius 3 is 2.45 bits per heavy atom. The van der Waals surface area contributed by atoms with Gasteiger partial charge in [-0.2, -0.15) is 0 Å². The molecule has 4 heteroatoms. The van der Waals surface area contributed by atoms with Crippen LogP contribution in [-0.2, 0) is 14.0 Å². The molecule has 0 unspecified atom stereocenters. The highest BCUT2D eigenvalue weighted by Gasteiger charge is 2.49. The van der Waals surface area contributed by atoms with Crippen LogP contribution in [0.3, 0.4) is 0 Å². The zero-order valence-electron chi connectivity index (χ0n) is 13.7. The Labute approximate surface area is 124 Å². The maximum atomic E-state index is 11.2. The molecule has 0 N–H and O–H groups in total. The quantitative estimate of drug-likeness (QED) is 0.585. The Morgan fingerprint density at radius 2 is 1.95 bits per heavy atom. The standard InChI is InChI=1S/C16H29O3Si/c1-11(17)19-15-9-12-7-13(14(15)8-12)10-18-20(5,6)16(2,3)4/h9,12-15H,7-8,10H2,1-6H3/t12-,13+,14-,15+/m1/s1. The summed E-state index contributed by atoms with van der Waals surface area (Å²) in [6, 6.07) is 0. The highest BCUT2D eigenvalue weighted by Crippen LogP contribution is 2.50. The van der Waals surface area contributed by atoms with E-state index in [-0.39, 0.29) is 17.1 Å². The van der Waals surface area contributed by atoms with E-state index in [9.17, 15) is 4.79 Å². The van der Waals surface area contributed by atoms with Crippen LogP contribution in [0, 0.1) is 24.2 Å². The van der Waals surface area contributed by atoms with Gasteiger partial charge in [0.05, 0.1) is 0 Å². The molecule has 0 spiro atoms. The first kappa shape index (κ1) is 16.0. The highest BCUT2D eigenvalue weighted by molar-refractivity contribution is 6.74. The summed E-state index contributed by atoms with van der Waals surface area (Å²) in [5.41, 5.74) is 0. The Morgan fingerprint density at radius 1 is 1.30 bits per heavy atom. The molecule has 20 heavy (non-hydrogen) atoms. The van der Waals surface area contributed by atoms with Gasteiger partial charge in [-0.05, 0) is 42.8 Å². The van der Waals surface area contributed by atoms with Crippen molar-refractivity contribution < 1.29 is 14.0 Å². The van der Waals surface area contributed by atoms with Crippen molar-refractivity contribution in [3.05, 3.63) is 6.42 Å². The van der Waals surface area contributed by atoms with Crippen LogP contribution in [0.4, 0.5) is 0 Å². The average molecular weight is 297 g/mol. The van der Waals surface area contributed by atoms with Crippen molar-refractivity contribution in [3.8, 4) is 0 Å². The van der Waals surface area contributed by atoms with Gasteiger partial charge in [0.1, 0.15) is 6.10 Å². The summed E-state index contributed by atoms with van der Waals surface area (Å²) in [7, 11) is -1.67. The van der Waals surface area contributed by atoms with Gasteiger partial charge in [0.25, 0.3) is 0 Å². The molecule has 4 atom stereocenters. The molecule has 115 valence electrons. The normalized spacial score (nSPS) is 33.5. The van der Waals surface area contributed by atoms with Crippen molar-refractivity contribution in [1.82, 2.24) is 0 Å². The predicted molar refractivity (Wildman–Crippen MR) is 82.7 cm³/mol. The Hall–Kier alpha value is -0.353. The molecule has 2 rings (SSSR count). The minimum atomic E-state index is -1.67. The van der Waals surface area contributed by atoms with Crippen molar-refractivity contribution in [3.63, 3.8) is 0 Å². The molecule has 0 aliphatic heterocycles. The molecule has 0 heterocycles. The molecule has 2 bridgehead atoms. The molecule has 0 saturated heterocycles. The Balaban J connectivity index is 1.90. The first-order valence-corrected chi connectivity index (χ1v) is 10.7. The van der Waals surface area contributed by atoms with Gasteiger partial charge >= 0.3 is 5.97 Å². The number of esters is 1. The van der Waals surface area contributed by atoms with E-state index in [0.717, 1.165) is 6.61 Å². The summed E-state index contributed by atoms with van der Waals surface area (Å²) in [4.78, 5) is 11.2. The van der Waals surface area contributed by atoms with Crippen LogP contribution >= 0.6 is 0 Å². The van der Waals surface area contributed by atoms with Crippen LogP contribution in [0.5, 0.6) is 0 Å². The van der Waals surface area contributed by atoms with Gasteiger partial charge in [-0.15, -0.1) is 0 Å². The maximum absolute atomic E-state index is 11.2. The summed E-state index contributed by atoms with van der Waals surface area (Å²) in [5.74, 6) is 1.50. The van der Waals surface area contributed by atoms with Gasteiger partial charge in [0.2, 0.25) is 0 Å². The maximum Gasteiger partial charge on any atom is 0.302 e.